The fourth-order valence-electron chi connectivity index (χ4n) is 8.36. The van der Waals surface area contributed by atoms with Gasteiger partial charge < -0.3 is 20.0 Å². The number of amides is 1. The maximum absolute atomic E-state index is 13.9. The van der Waals surface area contributed by atoms with E-state index >= 15 is 0 Å². The number of benzene rings is 3. The molecular formula is C41H53F3N6OS3. The van der Waals surface area contributed by atoms with Crippen LogP contribution in [0.25, 0.3) is 0 Å². The van der Waals surface area contributed by atoms with Crippen LogP contribution in [0.15, 0.2) is 87.5 Å². The van der Waals surface area contributed by atoms with Crippen molar-refractivity contribution in [2.24, 2.45) is 5.41 Å². The van der Waals surface area contributed by atoms with E-state index in [1.165, 1.54) is 44.8 Å². The van der Waals surface area contributed by atoms with E-state index in [9.17, 15) is 18.0 Å². The Bertz CT molecular complexity index is 1670. The number of nitrogens with zero attached hydrogens (tertiary/aromatic N) is 4. The molecule has 3 aromatic carbocycles. The topological polar surface area (TPSA) is 54.1 Å². The van der Waals surface area contributed by atoms with Crippen molar-refractivity contribution in [1.82, 2.24) is 19.4 Å². The van der Waals surface area contributed by atoms with Gasteiger partial charge in [0.15, 0.2) is 0 Å². The third-order valence-electron chi connectivity index (χ3n) is 11.5. The molecule has 13 heteroatoms. The van der Waals surface area contributed by atoms with Crippen LogP contribution in [0.5, 0.6) is 0 Å². The number of carbonyl (C=O) groups excluding carboxylic acids is 1. The summed E-state index contributed by atoms with van der Waals surface area (Å²) in [5.41, 5.74) is -1.90. The van der Waals surface area contributed by atoms with Gasteiger partial charge in [0.05, 0.1) is 0 Å². The van der Waals surface area contributed by atoms with Gasteiger partial charge in [0, 0.05) is 107 Å². The molecule has 2 N–H and O–H groups in total. The molecule has 54 heavy (non-hydrogen) atoms. The number of thioether (sulfide) groups is 2. The second kappa shape index (κ2) is 17.7. The zero-order chi connectivity index (χ0) is 37.7. The van der Waals surface area contributed by atoms with Crippen molar-refractivity contribution in [2.75, 3.05) is 74.9 Å². The molecule has 4 fully saturated rings. The number of anilines is 2. The number of halogens is 3. The van der Waals surface area contributed by atoms with Crippen LogP contribution in [0.4, 0.5) is 24.5 Å². The van der Waals surface area contributed by atoms with Gasteiger partial charge in [-0.15, -0.1) is 11.8 Å². The number of alkyl halides is 3. The minimum Gasteiger partial charge on any atom is -0.381 e. The van der Waals surface area contributed by atoms with Gasteiger partial charge in [0.25, 0.3) is 5.91 Å². The van der Waals surface area contributed by atoms with Crippen LogP contribution in [0, 0.1) is 5.41 Å². The average Bonchev–Trinajstić information content (AvgIpc) is 3.66. The lowest BCUT2D eigenvalue weighted by atomic mass is 9.60. The average molecular weight is 799 g/mol. The minimum atomic E-state index is -4.46. The van der Waals surface area contributed by atoms with E-state index in [1.807, 2.05) is 42.5 Å². The molecule has 1 unspecified atom stereocenters. The predicted molar refractivity (Wildman–Crippen MR) is 219 cm³/mol. The van der Waals surface area contributed by atoms with Crippen molar-refractivity contribution in [3.8, 4) is 0 Å². The largest absolute Gasteiger partial charge is 0.446 e. The van der Waals surface area contributed by atoms with Crippen LogP contribution in [-0.4, -0.2) is 109 Å². The van der Waals surface area contributed by atoms with Gasteiger partial charge in [-0.05, 0) is 137 Å². The van der Waals surface area contributed by atoms with Crippen LogP contribution in [0.2, 0.25) is 0 Å². The molecule has 1 saturated carbocycles. The fourth-order valence-corrected chi connectivity index (χ4v) is 10.7. The lowest BCUT2D eigenvalue weighted by molar-refractivity contribution is -0.0328. The zero-order valence-corrected chi connectivity index (χ0v) is 33.8. The molecule has 0 radical (unpaired) electrons. The highest BCUT2D eigenvalue weighted by molar-refractivity contribution is 8.00. The van der Waals surface area contributed by atoms with Gasteiger partial charge in [-0.2, -0.15) is 13.2 Å². The number of nitrogens with one attached hydrogen (secondary N) is 2. The molecule has 3 heterocycles. The Morgan fingerprint density at radius 2 is 1.59 bits per heavy atom. The fraction of sp³-hybridized carbons (Fsp3) is 0.537. The molecule has 3 saturated heterocycles. The number of rotatable bonds is 15. The molecule has 1 aliphatic carbocycles. The van der Waals surface area contributed by atoms with Crippen LogP contribution >= 0.6 is 35.5 Å². The summed E-state index contributed by atoms with van der Waals surface area (Å²) in [4.78, 5) is 24.9. The van der Waals surface area contributed by atoms with E-state index < -0.39 is 5.51 Å². The maximum Gasteiger partial charge on any atom is 0.446 e. The summed E-state index contributed by atoms with van der Waals surface area (Å²) >= 11 is 2.63. The molecule has 292 valence electrons. The Morgan fingerprint density at radius 1 is 0.889 bits per heavy atom. The second-order valence-corrected chi connectivity index (χ2v) is 18.8. The monoisotopic (exact) mass is 798 g/mol. The number of likely N-dealkylation sites (tertiary alicyclic amines) is 1. The summed E-state index contributed by atoms with van der Waals surface area (Å²) in [5, 5.41) is 3.49. The van der Waals surface area contributed by atoms with Crippen molar-refractivity contribution >= 4 is 52.8 Å². The van der Waals surface area contributed by atoms with E-state index in [1.54, 1.807) is 23.9 Å². The van der Waals surface area contributed by atoms with Crippen molar-refractivity contribution in [2.45, 2.75) is 84.3 Å². The quantitative estimate of drug-likeness (QED) is 0.116. The Kier molecular flexibility index (Phi) is 13.0. The third-order valence-corrected chi connectivity index (χ3v) is 14.2. The first kappa shape index (κ1) is 39.7. The molecule has 1 amide bonds. The number of hydrogen-bond acceptors (Lipinski definition) is 9. The maximum atomic E-state index is 13.9. The summed E-state index contributed by atoms with van der Waals surface area (Å²) < 4.78 is 44.5. The van der Waals surface area contributed by atoms with Crippen molar-refractivity contribution in [3.05, 3.63) is 78.4 Å². The van der Waals surface area contributed by atoms with Crippen LogP contribution in [0.1, 0.15) is 56.3 Å². The Hall–Kier alpha value is -2.55. The Balaban J connectivity index is 0.944. The zero-order valence-electron chi connectivity index (χ0n) is 31.3. The van der Waals surface area contributed by atoms with Gasteiger partial charge in [-0.25, -0.2) is 0 Å². The highest BCUT2D eigenvalue weighted by atomic mass is 32.2. The molecule has 3 aromatic rings. The normalized spacial score (nSPS) is 20.2. The van der Waals surface area contributed by atoms with Gasteiger partial charge >= 0.3 is 5.51 Å². The van der Waals surface area contributed by atoms with Crippen LogP contribution in [0.3, 0.4) is 0 Å². The van der Waals surface area contributed by atoms with Crippen LogP contribution in [-0.2, 0) is 0 Å². The molecular weight excluding hydrogens is 746 g/mol. The van der Waals surface area contributed by atoms with Crippen LogP contribution < -0.4 is 14.9 Å². The SMILES string of the molecule is CC(C)N1CCN(CCC(CSc2ccccc2)Nc2ccc(SNC(=O)c3ccc(N4CC5(CC(N6CCCC6)C5)C4)cc3)cc2SC(F)(F)F)CC1. The third kappa shape index (κ3) is 10.4. The lowest BCUT2D eigenvalue weighted by Gasteiger charge is -2.61. The van der Waals surface area contributed by atoms with Gasteiger partial charge in [-0.1, -0.05) is 18.2 Å². The summed E-state index contributed by atoms with van der Waals surface area (Å²) in [6, 6.07) is 24.0. The molecule has 0 bridgehead atoms. The standard InChI is InChI=1S/C41H53F3N6OS3/c1-30(2)48-22-20-47(21-23-48)19-16-32(27-52-35-8-4-3-5-9-35)45-37-15-14-36(24-38(37)53-41(42,43)44)54-46-39(51)31-10-12-33(13-11-31)50-28-40(29-50)25-34(26-40)49-17-6-7-18-49/h3-5,8-15,24,30,32,34,45H,6-7,16-23,25-29H2,1-2H3,(H,46,51). The first-order valence-electron chi connectivity index (χ1n) is 19.4. The Morgan fingerprint density at radius 3 is 2.26 bits per heavy atom. The van der Waals surface area contributed by atoms with E-state index in [0.29, 0.717) is 27.6 Å². The molecule has 1 spiro atoms. The van der Waals surface area contributed by atoms with E-state index in [-0.39, 0.29) is 28.6 Å². The first-order valence-corrected chi connectivity index (χ1v) is 22.0. The molecule has 7 rings (SSSR count). The van der Waals surface area contributed by atoms with Gasteiger partial charge in [0.1, 0.15) is 0 Å². The van der Waals surface area contributed by atoms with Gasteiger partial charge in [-0.3, -0.25) is 14.4 Å². The molecule has 0 aromatic heterocycles. The summed E-state index contributed by atoms with van der Waals surface area (Å²) in [6.45, 7) is 14.0. The molecule has 3 aliphatic heterocycles. The summed E-state index contributed by atoms with van der Waals surface area (Å²) in [6.07, 6.45) is 6.07. The minimum absolute atomic E-state index is 0.0468. The molecule has 7 nitrogen and oxygen atoms in total. The number of piperazine rings is 1. The molecule has 4 aliphatic rings. The second-order valence-electron chi connectivity index (χ2n) is 15.7. The summed E-state index contributed by atoms with van der Waals surface area (Å²) in [7, 11) is 0. The number of carbonyl (C=O) groups is 1. The van der Waals surface area contributed by atoms with E-state index in [0.717, 1.165) is 86.6 Å². The first-order chi connectivity index (χ1) is 26.0. The summed E-state index contributed by atoms with van der Waals surface area (Å²) in [5.74, 6) is 0.438. The molecule has 1 atom stereocenters. The van der Waals surface area contributed by atoms with E-state index in [2.05, 4.69) is 55.6 Å². The number of hydrogen-bond donors (Lipinski definition) is 2. The highest BCUT2D eigenvalue weighted by Gasteiger charge is 2.53. The van der Waals surface area contributed by atoms with Crippen molar-refractivity contribution in [3.63, 3.8) is 0 Å². The Labute approximate surface area is 331 Å². The smallest absolute Gasteiger partial charge is 0.381 e. The van der Waals surface area contributed by atoms with E-state index in [4.69, 9.17) is 0 Å². The highest BCUT2D eigenvalue weighted by Crippen LogP contribution is 2.52. The van der Waals surface area contributed by atoms with Crippen molar-refractivity contribution in [1.29, 1.82) is 0 Å². The predicted octanol–water partition coefficient (Wildman–Crippen LogP) is 8.79. The lowest BCUT2D eigenvalue weighted by Crippen LogP contribution is -2.66. The van der Waals surface area contributed by atoms with Gasteiger partial charge in [0.2, 0.25) is 0 Å². The van der Waals surface area contributed by atoms with Crippen molar-refractivity contribution < 1.29 is 18.0 Å².